The Bertz CT molecular complexity index is 1540. The maximum Gasteiger partial charge on any atom is 0.252 e. The third-order valence-corrected chi connectivity index (χ3v) is 7.85. The largest absolute Gasteiger partial charge is 0.506 e. The second-order valence-electron chi connectivity index (χ2n) is 12.2. The zero-order chi connectivity index (χ0) is 29.2. The van der Waals surface area contributed by atoms with E-state index in [0.717, 1.165) is 22.6 Å². The number of phenolic OH excluding ortho intramolecular Hbond substituents is 2. The number of hydrogen-bond acceptors (Lipinski definition) is 8. The first kappa shape index (κ1) is 26.5. The lowest BCUT2D eigenvalue weighted by Gasteiger charge is -2.51. The van der Waals surface area contributed by atoms with Crippen molar-refractivity contribution in [3.63, 3.8) is 0 Å². The molecule has 8 heteroatoms. The van der Waals surface area contributed by atoms with E-state index >= 15 is 0 Å². The van der Waals surface area contributed by atoms with E-state index in [1.165, 1.54) is 12.1 Å². The van der Waals surface area contributed by atoms with Gasteiger partial charge in [-0.2, -0.15) is 0 Å². The first-order valence-electron chi connectivity index (χ1n) is 13.5. The maximum atomic E-state index is 9.95. The molecule has 0 amide bonds. The monoisotopic (exact) mass is 554 g/mol. The lowest BCUT2D eigenvalue weighted by atomic mass is 9.69. The summed E-state index contributed by atoms with van der Waals surface area (Å²) in [5, 5.41) is 19.9. The Morgan fingerprint density at radius 3 is 1.34 bits per heavy atom. The Morgan fingerprint density at radius 1 is 0.585 bits per heavy atom. The van der Waals surface area contributed by atoms with Gasteiger partial charge in [-0.3, -0.25) is 0 Å². The number of hydrogen-bond donors (Lipinski definition) is 4. The van der Waals surface area contributed by atoms with Crippen LogP contribution in [0.1, 0.15) is 51.7 Å². The molecule has 0 radical (unpaired) electrons. The lowest BCUT2D eigenvalue weighted by Crippen LogP contribution is -2.55. The predicted octanol–water partition coefficient (Wildman–Crippen LogP) is 7.36. The van der Waals surface area contributed by atoms with Gasteiger partial charge in [0.15, 0.2) is 0 Å². The minimum Gasteiger partial charge on any atom is -0.506 e. The lowest BCUT2D eigenvalue weighted by molar-refractivity contribution is -0.166. The second-order valence-corrected chi connectivity index (χ2v) is 12.2. The van der Waals surface area contributed by atoms with Crippen LogP contribution < -0.4 is 30.4 Å². The van der Waals surface area contributed by atoms with Crippen molar-refractivity contribution in [2.75, 3.05) is 11.5 Å². The number of benzene rings is 4. The van der Waals surface area contributed by atoms with Crippen LogP contribution in [-0.2, 0) is 10.8 Å². The zero-order valence-electron chi connectivity index (χ0n) is 23.5. The number of ether oxygens (including phenoxy) is 4. The van der Waals surface area contributed by atoms with Gasteiger partial charge in [-0.05, 0) is 60.7 Å². The van der Waals surface area contributed by atoms with Crippen LogP contribution in [0.5, 0.6) is 46.0 Å². The van der Waals surface area contributed by atoms with E-state index in [1.807, 2.05) is 36.4 Å². The van der Waals surface area contributed by atoms with Crippen LogP contribution in [0.25, 0.3) is 0 Å². The van der Waals surface area contributed by atoms with Crippen molar-refractivity contribution in [2.24, 2.45) is 0 Å². The molecule has 2 heterocycles. The number of anilines is 2. The van der Waals surface area contributed by atoms with E-state index in [9.17, 15) is 10.2 Å². The van der Waals surface area contributed by atoms with Gasteiger partial charge in [0.2, 0.25) is 0 Å². The quantitative estimate of drug-likeness (QED) is 0.152. The molecule has 0 bridgehead atoms. The Morgan fingerprint density at radius 2 is 0.951 bits per heavy atom. The molecule has 4 aromatic carbocycles. The molecule has 0 unspecified atom stereocenters. The van der Waals surface area contributed by atoms with Crippen molar-refractivity contribution in [3.05, 3.63) is 83.9 Å². The van der Waals surface area contributed by atoms with Crippen molar-refractivity contribution < 1.29 is 29.2 Å². The average molecular weight is 555 g/mol. The van der Waals surface area contributed by atoms with Crippen LogP contribution in [0.15, 0.2) is 72.8 Å². The molecule has 0 saturated carbocycles. The van der Waals surface area contributed by atoms with E-state index in [1.54, 1.807) is 24.3 Å². The molecule has 0 saturated heterocycles. The highest BCUT2D eigenvalue weighted by Gasteiger charge is 2.53. The molecule has 0 atom stereocenters. The van der Waals surface area contributed by atoms with Gasteiger partial charge in [0.05, 0.1) is 11.4 Å². The predicted molar refractivity (Wildman–Crippen MR) is 157 cm³/mol. The van der Waals surface area contributed by atoms with Crippen molar-refractivity contribution >= 4 is 11.4 Å². The third kappa shape index (κ3) is 4.90. The van der Waals surface area contributed by atoms with Crippen LogP contribution in [0, 0.1) is 0 Å². The summed E-state index contributed by atoms with van der Waals surface area (Å²) in [6.07, 6.45) is 1.26. The van der Waals surface area contributed by atoms with E-state index in [-0.39, 0.29) is 22.3 Å². The minimum atomic E-state index is -0.858. The standard InChI is InChI=1S/C33H34N2O6/c1-31(2)17-33(40-29-11-7-19(13-23(29)31)38-21-5-9-25(34)27(36)15-21)18-32(3,4)24-14-20(8-12-30(24)41-33)39-22-6-10-26(35)28(37)16-22/h5-16,36-37H,17-18,34-35H2,1-4H3. The normalized spacial score (nSPS) is 17.5. The summed E-state index contributed by atoms with van der Waals surface area (Å²) in [6.45, 7) is 8.72. The van der Waals surface area contributed by atoms with Gasteiger partial charge in [-0.25, -0.2) is 0 Å². The molecule has 0 fully saturated rings. The Balaban J connectivity index is 1.27. The maximum absolute atomic E-state index is 9.95. The molecule has 212 valence electrons. The second kappa shape index (κ2) is 9.16. The summed E-state index contributed by atoms with van der Waals surface area (Å²) >= 11 is 0. The highest BCUT2D eigenvalue weighted by atomic mass is 16.7. The number of nitrogen functional groups attached to an aromatic ring is 2. The summed E-state index contributed by atoms with van der Waals surface area (Å²) in [4.78, 5) is 0. The molecule has 0 aromatic heterocycles. The fourth-order valence-electron chi connectivity index (χ4n) is 5.99. The van der Waals surface area contributed by atoms with Crippen LogP contribution in [0.3, 0.4) is 0 Å². The van der Waals surface area contributed by atoms with Gasteiger partial charge in [0.1, 0.15) is 46.0 Å². The van der Waals surface area contributed by atoms with Crippen LogP contribution in [0.4, 0.5) is 11.4 Å². The summed E-state index contributed by atoms with van der Waals surface area (Å²) in [5.41, 5.74) is 13.5. The number of rotatable bonds is 4. The van der Waals surface area contributed by atoms with Gasteiger partial charge < -0.3 is 40.6 Å². The molecule has 8 nitrogen and oxygen atoms in total. The van der Waals surface area contributed by atoms with Crippen LogP contribution >= 0.6 is 0 Å². The van der Waals surface area contributed by atoms with Crippen LogP contribution in [0.2, 0.25) is 0 Å². The first-order valence-corrected chi connectivity index (χ1v) is 13.5. The van der Waals surface area contributed by atoms with Crippen molar-refractivity contribution in [3.8, 4) is 46.0 Å². The molecule has 1 spiro atoms. The number of aromatic hydroxyl groups is 2. The molecular weight excluding hydrogens is 520 g/mol. The van der Waals surface area contributed by atoms with Gasteiger partial charge >= 0.3 is 0 Å². The smallest absolute Gasteiger partial charge is 0.252 e. The molecule has 0 aliphatic carbocycles. The van der Waals surface area contributed by atoms with Crippen molar-refractivity contribution in [1.82, 2.24) is 0 Å². The SMILES string of the molecule is CC1(C)CC2(CC(C)(C)c3cc(Oc4ccc(N)c(O)c4)ccc3O2)Oc2ccc(Oc3ccc(N)c(O)c3)cc21. The highest BCUT2D eigenvalue weighted by Crippen LogP contribution is 2.54. The van der Waals surface area contributed by atoms with E-state index in [2.05, 4.69) is 27.7 Å². The summed E-state index contributed by atoms with van der Waals surface area (Å²) < 4.78 is 25.4. The van der Waals surface area contributed by atoms with Gasteiger partial charge in [-0.15, -0.1) is 0 Å². The third-order valence-electron chi connectivity index (χ3n) is 7.85. The summed E-state index contributed by atoms with van der Waals surface area (Å²) in [7, 11) is 0. The minimum absolute atomic E-state index is 0.0216. The van der Waals surface area contributed by atoms with Crippen molar-refractivity contribution in [2.45, 2.75) is 57.2 Å². The van der Waals surface area contributed by atoms with Gasteiger partial charge in [0.25, 0.3) is 5.79 Å². The molecule has 4 aromatic rings. The van der Waals surface area contributed by atoms with Gasteiger partial charge in [-0.1, -0.05) is 27.7 Å². The molecule has 41 heavy (non-hydrogen) atoms. The fourth-order valence-corrected chi connectivity index (χ4v) is 5.99. The molecule has 6 rings (SSSR count). The van der Waals surface area contributed by atoms with E-state index in [0.29, 0.717) is 47.2 Å². The number of phenols is 2. The Hall–Kier alpha value is -4.72. The van der Waals surface area contributed by atoms with Gasteiger partial charge in [0, 0.05) is 46.9 Å². The zero-order valence-corrected chi connectivity index (χ0v) is 23.5. The van der Waals surface area contributed by atoms with Crippen molar-refractivity contribution in [1.29, 1.82) is 0 Å². The van der Waals surface area contributed by atoms with E-state index in [4.69, 9.17) is 30.4 Å². The summed E-state index contributed by atoms with van der Waals surface area (Å²) in [6, 6.07) is 21.1. The molecule has 2 aliphatic rings. The number of nitrogens with two attached hydrogens (primary N) is 2. The highest BCUT2D eigenvalue weighted by molar-refractivity contribution is 5.57. The average Bonchev–Trinajstić information content (AvgIpc) is 2.88. The molecular formula is C33H34N2O6. The van der Waals surface area contributed by atoms with E-state index < -0.39 is 5.79 Å². The molecule has 6 N–H and O–H groups in total. The topological polar surface area (TPSA) is 129 Å². The van der Waals surface area contributed by atoms with Crippen LogP contribution in [-0.4, -0.2) is 16.0 Å². The summed E-state index contributed by atoms with van der Waals surface area (Å²) in [5.74, 6) is 2.85. The Kier molecular flexibility index (Phi) is 5.92. The Labute approximate surface area is 239 Å². The number of fused-ring (bicyclic) bond motifs is 2. The fraction of sp³-hybridized carbons (Fsp3) is 0.273. The molecule has 2 aliphatic heterocycles. The first-order chi connectivity index (χ1) is 19.3.